The Morgan fingerprint density at radius 3 is 2.44 bits per heavy atom. The molecule has 3 rings (SSSR count). The summed E-state index contributed by atoms with van der Waals surface area (Å²) in [6.45, 7) is 5.99. The minimum atomic E-state index is 0.898. The van der Waals surface area contributed by atoms with E-state index in [4.69, 9.17) is 0 Å². The average molecular weight is 125 g/mol. The first kappa shape index (κ1) is 5.72. The van der Waals surface area contributed by atoms with Crippen molar-refractivity contribution in [3.8, 4) is 0 Å². The molecule has 1 N–H and O–H groups in total. The lowest BCUT2D eigenvalue weighted by molar-refractivity contribution is 0.154. The van der Waals surface area contributed by atoms with E-state index in [1.165, 1.54) is 13.0 Å². The maximum atomic E-state index is 3.52. The lowest BCUT2D eigenvalue weighted by Gasteiger charge is -2.37. The molecular formula is C8H15N. The van der Waals surface area contributed by atoms with Crippen LogP contribution >= 0.6 is 0 Å². The molecule has 1 heteroatoms. The van der Waals surface area contributed by atoms with Crippen molar-refractivity contribution < 1.29 is 0 Å². The molecule has 0 aromatic rings. The molecule has 2 saturated heterocycles. The third-order valence-corrected chi connectivity index (χ3v) is 2.98. The zero-order chi connectivity index (χ0) is 6.43. The molecule has 0 spiro atoms. The van der Waals surface area contributed by atoms with Gasteiger partial charge in [0.25, 0.3) is 0 Å². The summed E-state index contributed by atoms with van der Waals surface area (Å²) in [4.78, 5) is 0. The molecule has 2 aliphatic heterocycles. The predicted molar refractivity (Wildman–Crippen MR) is 38.2 cm³/mol. The van der Waals surface area contributed by atoms with Crippen LogP contribution in [0.25, 0.3) is 0 Å². The van der Waals surface area contributed by atoms with Crippen LogP contribution in [0.5, 0.6) is 0 Å². The van der Waals surface area contributed by atoms with Gasteiger partial charge in [0.2, 0.25) is 0 Å². The zero-order valence-electron chi connectivity index (χ0n) is 6.22. The third kappa shape index (κ3) is 0.644. The largest absolute Gasteiger partial charge is 0.313 e. The maximum Gasteiger partial charge on any atom is 0.0104 e. The minimum absolute atomic E-state index is 0.898. The highest BCUT2D eigenvalue weighted by molar-refractivity contribution is 5.02. The molecule has 1 saturated carbocycles. The fourth-order valence-corrected chi connectivity index (χ4v) is 2.52. The second-order valence-corrected chi connectivity index (χ2v) is 3.83. The van der Waals surface area contributed by atoms with Crippen LogP contribution in [0.2, 0.25) is 0 Å². The van der Waals surface area contributed by atoms with Gasteiger partial charge in [-0.2, -0.15) is 0 Å². The Bertz CT molecular complexity index is 106. The highest BCUT2D eigenvalue weighted by Gasteiger charge is 2.47. The lowest BCUT2D eigenvalue weighted by Crippen LogP contribution is -2.40. The van der Waals surface area contributed by atoms with Gasteiger partial charge >= 0.3 is 0 Å². The monoisotopic (exact) mass is 125 g/mol. The third-order valence-electron chi connectivity index (χ3n) is 2.98. The summed E-state index contributed by atoms with van der Waals surface area (Å²) in [5.41, 5.74) is 0. The van der Waals surface area contributed by atoms with Gasteiger partial charge in [-0.1, -0.05) is 13.8 Å². The first-order valence-electron chi connectivity index (χ1n) is 4.02. The molecule has 2 bridgehead atoms. The summed E-state index contributed by atoms with van der Waals surface area (Å²) in [6.07, 6.45) is 1.46. The van der Waals surface area contributed by atoms with Gasteiger partial charge in [0.05, 0.1) is 0 Å². The minimum Gasteiger partial charge on any atom is -0.313 e. The first-order chi connectivity index (χ1) is 4.29. The van der Waals surface area contributed by atoms with Gasteiger partial charge in [-0.15, -0.1) is 0 Å². The van der Waals surface area contributed by atoms with Crippen LogP contribution in [0, 0.1) is 17.8 Å². The SMILES string of the molecule is CC(C)C1[C@@H]2CN[C@H]1C2. The number of fused-ring (bicyclic) bond motifs is 1. The van der Waals surface area contributed by atoms with Gasteiger partial charge in [-0.3, -0.25) is 0 Å². The Kier molecular flexibility index (Phi) is 1.10. The highest BCUT2D eigenvalue weighted by atomic mass is 15.0. The average Bonchev–Trinajstić information content (AvgIpc) is 2.13. The molecule has 9 heavy (non-hydrogen) atoms. The molecule has 52 valence electrons. The van der Waals surface area contributed by atoms with Crippen LogP contribution < -0.4 is 5.32 Å². The fourth-order valence-electron chi connectivity index (χ4n) is 2.52. The maximum absolute atomic E-state index is 3.52. The summed E-state index contributed by atoms with van der Waals surface area (Å²) in [6, 6.07) is 0.898. The topological polar surface area (TPSA) is 12.0 Å². The van der Waals surface area contributed by atoms with Crippen molar-refractivity contribution >= 4 is 0 Å². The van der Waals surface area contributed by atoms with E-state index in [1.807, 2.05) is 0 Å². The van der Waals surface area contributed by atoms with Gasteiger partial charge in [-0.05, 0) is 30.7 Å². The van der Waals surface area contributed by atoms with Gasteiger partial charge in [-0.25, -0.2) is 0 Å². The molecular weight excluding hydrogens is 110 g/mol. The quantitative estimate of drug-likeness (QED) is 0.556. The predicted octanol–water partition coefficient (Wildman–Crippen LogP) is 1.25. The molecule has 0 radical (unpaired) electrons. The van der Waals surface area contributed by atoms with E-state index in [0.717, 1.165) is 23.8 Å². The number of nitrogens with one attached hydrogen (secondary N) is 1. The number of hydrogen-bond acceptors (Lipinski definition) is 1. The second kappa shape index (κ2) is 1.72. The van der Waals surface area contributed by atoms with Crippen molar-refractivity contribution in [1.82, 2.24) is 5.32 Å². The Morgan fingerprint density at radius 1 is 1.44 bits per heavy atom. The first-order valence-corrected chi connectivity index (χ1v) is 4.02. The summed E-state index contributed by atoms with van der Waals surface area (Å²) < 4.78 is 0. The molecule has 1 unspecified atom stereocenters. The van der Waals surface area contributed by atoms with Crippen molar-refractivity contribution in [1.29, 1.82) is 0 Å². The van der Waals surface area contributed by atoms with Crippen molar-refractivity contribution in [2.45, 2.75) is 26.3 Å². The van der Waals surface area contributed by atoms with Crippen LogP contribution in [-0.4, -0.2) is 12.6 Å². The molecule has 3 aliphatic rings. The van der Waals surface area contributed by atoms with Gasteiger partial charge in [0.15, 0.2) is 0 Å². The molecule has 3 atom stereocenters. The lowest BCUT2D eigenvalue weighted by atomic mass is 9.68. The van der Waals surface area contributed by atoms with Gasteiger partial charge in [0, 0.05) is 6.04 Å². The van der Waals surface area contributed by atoms with E-state index in [1.54, 1.807) is 0 Å². The van der Waals surface area contributed by atoms with Crippen molar-refractivity contribution in [2.24, 2.45) is 17.8 Å². The van der Waals surface area contributed by atoms with Crippen molar-refractivity contribution in [3.05, 3.63) is 0 Å². The standard InChI is InChI=1S/C8H15N/c1-5(2)8-6-3-7(8)9-4-6/h5-9H,3-4H2,1-2H3/t6-,7-,8?/m0/s1. The van der Waals surface area contributed by atoms with Crippen LogP contribution in [-0.2, 0) is 0 Å². The number of rotatable bonds is 1. The smallest absolute Gasteiger partial charge is 0.0104 e. The van der Waals surface area contributed by atoms with Gasteiger partial charge < -0.3 is 5.32 Å². The molecule has 1 aliphatic carbocycles. The molecule has 0 amide bonds. The Labute approximate surface area is 56.8 Å². The van der Waals surface area contributed by atoms with Crippen molar-refractivity contribution in [3.63, 3.8) is 0 Å². The molecule has 2 heterocycles. The van der Waals surface area contributed by atoms with Crippen molar-refractivity contribution in [2.75, 3.05) is 6.54 Å². The van der Waals surface area contributed by atoms with E-state index < -0.39 is 0 Å². The molecule has 0 aromatic carbocycles. The Morgan fingerprint density at radius 2 is 2.22 bits per heavy atom. The van der Waals surface area contributed by atoms with Crippen LogP contribution in [0.15, 0.2) is 0 Å². The Balaban J connectivity index is 2.02. The normalized spacial score (nSPS) is 47.7. The summed E-state index contributed by atoms with van der Waals surface area (Å²) >= 11 is 0. The molecule has 0 aromatic heterocycles. The van der Waals surface area contributed by atoms with E-state index in [-0.39, 0.29) is 0 Å². The van der Waals surface area contributed by atoms with Crippen LogP contribution in [0.1, 0.15) is 20.3 Å². The molecule has 3 fully saturated rings. The Hall–Kier alpha value is -0.0400. The highest BCUT2D eigenvalue weighted by Crippen LogP contribution is 2.44. The van der Waals surface area contributed by atoms with Gasteiger partial charge in [0.1, 0.15) is 0 Å². The second-order valence-electron chi connectivity index (χ2n) is 3.83. The summed E-state index contributed by atoms with van der Waals surface area (Å²) in [7, 11) is 0. The fraction of sp³-hybridized carbons (Fsp3) is 1.00. The summed E-state index contributed by atoms with van der Waals surface area (Å²) in [5.74, 6) is 2.96. The number of hydrogen-bond donors (Lipinski definition) is 1. The van der Waals surface area contributed by atoms with E-state index >= 15 is 0 Å². The van der Waals surface area contributed by atoms with Crippen LogP contribution in [0.3, 0.4) is 0 Å². The summed E-state index contributed by atoms with van der Waals surface area (Å²) in [5, 5.41) is 3.52. The van der Waals surface area contributed by atoms with E-state index in [0.29, 0.717) is 0 Å². The zero-order valence-corrected chi connectivity index (χ0v) is 6.22. The van der Waals surface area contributed by atoms with Crippen LogP contribution in [0.4, 0.5) is 0 Å². The van der Waals surface area contributed by atoms with E-state index in [9.17, 15) is 0 Å². The molecule has 1 nitrogen and oxygen atoms in total. The van der Waals surface area contributed by atoms with E-state index in [2.05, 4.69) is 19.2 Å².